The highest BCUT2D eigenvalue weighted by Gasteiger charge is 2.21. The number of nitro groups is 2. The van der Waals surface area contributed by atoms with Gasteiger partial charge in [0.1, 0.15) is 0 Å². The first-order chi connectivity index (χ1) is 14.2. The molecule has 0 aliphatic heterocycles. The quantitative estimate of drug-likeness (QED) is 0.239. The molecule has 0 radical (unpaired) electrons. The van der Waals surface area contributed by atoms with Crippen LogP contribution in [0.3, 0.4) is 0 Å². The van der Waals surface area contributed by atoms with Crippen LogP contribution in [0.5, 0.6) is 0 Å². The molecule has 0 heterocycles. The zero-order chi connectivity index (χ0) is 22.3. The van der Waals surface area contributed by atoms with Gasteiger partial charge in [0.05, 0.1) is 46.7 Å². The topological polar surface area (TPSA) is 139 Å². The number of methoxy groups -OCH3 is 2. The number of rotatable bonds is 9. The van der Waals surface area contributed by atoms with Gasteiger partial charge in [0.2, 0.25) is 0 Å². The summed E-state index contributed by atoms with van der Waals surface area (Å²) >= 11 is 0. The summed E-state index contributed by atoms with van der Waals surface area (Å²) in [5, 5.41) is 22.8. The highest BCUT2D eigenvalue weighted by molar-refractivity contribution is 8.76. The van der Waals surface area contributed by atoms with Gasteiger partial charge >= 0.3 is 11.9 Å². The summed E-state index contributed by atoms with van der Waals surface area (Å²) in [5.74, 6) is -1.05. The minimum Gasteiger partial charge on any atom is -0.469 e. The Balaban J connectivity index is 2.25. The van der Waals surface area contributed by atoms with Crippen molar-refractivity contribution < 1.29 is 28.9 Å². The number of hydrogen-bond acceptors (Lipinski definition) is 10. The number of carbonyl (C=O) groups is 2. The van der Waals surface area contributed by atoms with Crippen molar-refractivity contribution in [2.24, 2.45) is 0 Å². The summed E-state index contributed by atoms with van der Waals surface area (Å²) in [6, 6.07) is 8.61. The van der Waals surface area contributed by atoms with Crippen molar-refractivity contribution >= 4 is 44.9 Å². The van der Waals surface area contributed by atoms with Crippen LogP contribution in [0.1, 0.15) is 11.1 Å². The van der Waals surface area contributed by atoms with E-state index in [9.17, 15) is 29.8 Å². The lowest BCUT2D eigenvalue weighted by molar-refractivity contribution is -0.388. The van der Waals surface area contributed by atoms with Crippen LogP contribution in [0.25, 0.3) is 0 Å². The lowest BCUT2D eigenvalue weighted by atomic mass is 10.1. The zero-order valence-electron chi connectivity index (χ0n) is 15.9. The molecule has 2 aromatic carbocycles. The van der Waals surface area contributed by atoms with Crippen LogP contribution >= 0.6 is 21.6 Å². The van der Waals surface area contributed by atoms with E-state index in [-0.39, 0.29) is 34.0 Å². The van der Waals surface area contributed by atoms with E-state index < -0.39 is 21.8 Å². The van der Waals surface area contributed by atoms with Crippen LogP contribution in [0.2, 0.25) is 0 Å². The molecule has 2 aromatic rings. The van der Waals surface area contributed by atoms with E-state index in [2.05, 4.69) is 9.47 Å². The summed E-state index contributed by atoms with van der Waals surface area (Å²) in [5.41, 5.74) is 0.389. The molecule has 0 unspecified atom stereocenters. The minimum absolute atomic E-state index is 0.109. The molecule has 0 N–H and O–H groups in total. The Kier molecular flexibility index (Phi) is 8.18. The molecule has 2 rings (SSSR count). The first-order valence-corrected chi connectivity index (χ1v) is 10.4. The van der Waals surface area contributed by atoms with Crippen molar-refractivity contribution in [1.82, 2.24) is 0 Å². The van der Waals surface area contributed by atoms with Crippen LogP contribution < -0.4 is 0 Å². The van der Waals surface area contributed by atoms with Crippen molar-refractivity contribution in [2.45, 2.75) is 22.6 Å². The Morgan fingerprint density at radius 2 is 1.17 bits per heavy atom. The second-order valence-corrected chi connectivity index (χ2v) is 8.00. The number of benzene rings is 2. The van der Waals surface area contributed by atoms with Gasteiger partial charge in [-0.1, -0.05) is 12.1 Å². The first-order valence-electron chi connectivity index (χ1n) is 8.28. The smallest absolute Gasteiger partial charge is 0.309 e. The summed E-state index contributed by atoms with van der Waals surface area (Å²) in [6.07, 6.45) is -0.217. The number of ether oxygens (including phenoxy) is 2. The van der Waals surface area contributed by atoms with E-state index in [0.717, 1.165) is 21.6 Å². The van der Waals surface area contributed by atoms with E-state index in [0.29, 0.717) is 11.1 Å². The monoisotopic (exact) mass is 452 g/mol. The van der Waals surface area contributed by atoms with Gasteiger partial charge in [-0.25, -0.2) is 0 Å². The molecule has 0 atom stereocenters. The molecular formula is C18H16N2O8S2. The van der Waals surface area contributed by atoms with Crippen LogP contribution in [-0.4, -0.2) is 36.0 Å². The molecule has 0 saturated heterocycles. The Morgan fingerprint density at radius 3 is 1.47 bits per heavy atom. The third-order valence-electron chi connectivity index (χ3n) is 3.81. The molecule has 0 saturated carbocycles. The maximum absolute atomic E-state index is 11.4. The standard InChI is InChI=1S/C18H16N2O8S2/c1-27-17(21)9-11-3-5-15(13(7-11)19(23)24)29-30-16-6-4-12(10-18(22)28-2)8-14(16)20(25)26/h3-8H,9-10H2,1-2H3. The Morgan fingerprint density at radius 1 is 0.800 bits per heavy atom. The van der Waals surface area contributed by atoms with Gasteiger partial charge in [-0.2, -0.15) is 0 Å². The highest BCUT2D eigenvalue weighted by Crippen LogP contribution is 2.45. The van der Waals surface area contributed by atoms with Gasteiger partial charge in [0.25, 0.3) is 11.4 Å². The van der Waals surface area contributed by atoms with E-state index in [1.165, 1.54) is 38.5 Å². The van der Waals surface area contributed by atoms with Gasteiger partial charge in [-0.15, -0.1) is 0 Å². The average Bonchev–Trinajstić information content (AvgIpc) is 2.72. The Labute approximate surface area is 178 Å². The van der Waals surface area contributed by atoms with Crippen LogP contribution in [0, 0.1) is 20.2 Å². The number of hydrogen-bond donors (Lipinski definition) is 0. The number of carbonyl (C=O) groups excluding carboxylic acids is 2. The van der Waals surface area contributed by atoms with Crippen LogP contribution in [-0.2, 0) is 31.9 Å². The maximum Gasteiger partial charge on any atom is 0.309 e. The number of nitrogens with zero attached hydrogens (tertiary/aromatic N) is 2. The summed E-state index contributed by atoms with van der Waals surface area (Å²) < 4.78 is 9.11. The number of nitro benzene ring substituents is 2. The van der Waals surface area contributed by atoms with Gasteiger partial charge in [-0.3, -0.25) is 29.8 Å². The second-order valence-electron chi connectivity index (χ2n) is 5.79. The third kappa shape index (κ3) is 6.19. The maximum atomic E-state index is 11.4. The fraction of sp³-hybridized carbons (Fsp3) is 0.222. The van der Waals surface area contributed by atoms with E-state index in [4.69, 9.17) is 0 Å². The molecule has 12 heteroatoms. The van der Waals surface area contributed by atoms with Crippen LogP contribution in [0.4, 0.5) is 11.4 Å². The average molecular weight is 452 g/mol. The molecule has 30 heavy (non-hydrogen) atoms. The molecule has 0 bridgehead atoms. The van der Waals surface area contributed by atoms with Gasteiger partial charge in [0.15, 0.2) is 0 Å². The molecule has 0 aliphatic carbocycles. The van der Waals surface area contributed by atoms with Crippen molar-refractivity contribution in [2.75, 3.05) is 14.2 Å². The minimum atomic E-state index is -0.586. The van der Waals surface area contributed by atoms with Crippen molar-refractivity contribution in [3.63, 3.8) is 0 Å². The van der Waals surface area contributed by atoms with E-state index in [1.807, 2.05) is 0 Å². The Bertz CT molecular complexity index is 917. The van der Waals surface area contributed by atoms with E-state index in [1.54, 1.807) is 12.1 Å². The summed E-state index contributed by atoms with van der Waals surface area (Å²) in [6.45, 7) is 0. The number of esters is 2. The lowest BCUT2D eigenvalue weighted by Crippen LogP contribution is -2.05. The van der Waals surface area contributed by atoms with Crippen LogP contribution in [0.15, 0.2) is 46.2 Å². The SMILES string of the molecule is COC(=O)Cc1ccc(SSc2ccc(CC(=O)OC)cc2[N+](=O)[O-])c([N+](=O)[O-])c1. The molecule has 0 amide bonds. The van der Waals surface area contributed by atoms with Crippen molar-refractivity contribution in [3.05, 3.63) is 67.8 Å². The largest absolute Gasteiger partial charge is 0.469 e. The van der Waals surface area contributed by atoms with Gasteiger partial charge < -0.3 is 9.47 Å². The first kappa shape index (κ1) is 23.2. The van der Waals surface area contributed by atoms with Gasteiger partial charge in [-0.05, 0) is 44.8 Å². The summed E-state index contributed by atoms with van der Waals surface area (Å²) in [7, 11) is 4.41. The third-order valence-corrected chi connectivity index (χ3v) is 6.27. The van der Waals surface area contributed by atoms with Crippen molar-refractivity contribution in [3.8, 4) is 0 Å². The fourth-order valence-electron chi connectivity index (χ4n) is 2.34. The molecule has 0 aliphatic rings. The molecule has 0 fully saturated rings. The van der Waals surface area contributed by atoms with Gasteiger partial charge in [0, 0.05) is 12.1 Å². The second kappa shape index (κ2) is 10.6. The molecule has 0 spiro atoms. The van der Waals surface area contributed by atoms with Crippen molar-refractivity contribution in [1.29, 1.82) is 0 Å². The molecule has 0 aromatic heterocycles. The zero-order valence-corrected chi connectivity index (χ0v) is 17.5. The molecule has 10 nitrogen and oxygen atoms in total. The van der Waals surface area contributed by atoms with E-state index >= 15 is 0 Å². The summed E-state index contributed by atoms with van der Waals surface area (Å²) in [4.78, 5) is 44.9. The normalized spacial score (nSPS) is 10.3. The molecular weight excluding hydrogens is 436 g/mol. The Hall–Kier alpha value is -3.12. The fourth-order valence-corrected chi connectivity index (χ4v) is 4.59. The predicted octanol–water partition coefficient (Wildman–Crippen LogP) is 3.73. The molecule has 158 valence electrons. The lowest BCUT2D eigenvalue weighted by Gasteiger charge is -2.07. The highest BCUT2D eigenvalue weighted by atomic mass is 33.1. The predicted molar refractivity (Wildman–Crippen MR) is 109 cm³/mol.